The minimum absolute atomic E-state index is 0.195. The van der Waals surface area contributed by atoms with Crippen molar-refractivity contribution >= 4 is 5.57 Å². The second kappa shape index (κ2) is 15.1. The van der Waals surface area contributed by atoms with E-state index >= 15 is 4.39 Å². The maximum Gasteiger partial charge on any atom is 0.166 e. The summed E-state index contributed by atoms with van der Waals surface area (Å²) in [6.07, 6.45) is 21.5. The quantitative estimate of drug-likeness (QED) is 0.155. The number of halogens is 3. The molecular formula is C40H47F3. The van der Waals surface area contributed by atoms with Crippen LogP contribution in [-0.4, -0.2) is 0 Å². The molecule has 43 heavy (non-hydrogen) atoms. The maximum absolute atomic E-state index is 15.4. The van der Waals surface area contributed by atoms with E-state index in [1.54, 1.807) is 30.3 Å². The summed E-state index contributed by atoms with van der Waals surface area (Å²) in [6, 6.07) is 16.0. The Kier molecular flexibility index (Phi) is 11.0. The lowest BCUT2D eigenvalue weighted by atomic mass is 9.70. The van der Waals surface area contributed by atoms with Crippen LogP contribution in [0.5, 0.6) is 0 Å². The molecule has 0 radical (unpaired) electrons. The molecule has 0 bridgehead atoms. The lowest BCUT2D eigenvalue weighted by Crippen LogP contribution is -2.23. The van der Waals surface area contributed by atoms with Crippen LogP contribution in [0.15, 0.2) is 72.8 Å². The zero-order valence-corrected chi connectivity index (χ0v) is 26.0. The Balaban J connectivity index is 1.20. The summed E-state index contributed by atoms with van der Waals surface area (Å²) in [5.41, 5.74) is 4.65. The third-order valence-electron chi connectivity index (χ3n) is 9.97. The van der Waals surface area contributed by atoms with E-state index in [4.69, 9.17) is 0 Å². The van der Waals surface area contributed by atoms with Crippen LogP contribution >= 0.6 is 0 Å². The first kappa shape index (κ1) is 31.4. The predicted octanol–water partition coefficient (Wildman–Crippen LogP) is 12.5. The highest BCUT2D eigenvalue weighted by Crippen LogP contribution is 2.43. The third kappa shape index (κ3) is 7.72. The zero-order valence-electron chi connectivity index (χ0n) is 26.0. The van der Waals surface area contributed by atoms with Gasteiger partial charge in [-0.25, -0.2) is 13.2 Å². The molecule has 0 nitrogen and oxygen atoms in total. The topological polar surface area (TPSA) is 0 Å². The van der Waals surface area contributed by atoms with E-state index in [-0.39, 0.29) is 11.4 Å². The van der Waals surface area contributed by atoms with Crippen molar-refractivity contribution in [3.63, 3.8) is 0 Å². The highest BCUT2D eigenvalue weighted by Gasteiger charge is 2.29. The van der Waals surface area contributed by atoms with Gasteiger partial charge in [0.1, 0.15) is 5.82 Å². The van der Waals surface area contributed by atoms with Gasteiger partial charge in [0.15, 0.2) is 11.6 Å². The molecule has 5 rings (SSSR count). The van der Waals surface area contributed by atoms with Crippen molar-refractivity contribution in [2.24, 2.45) is 17.8 Å². The molecule has 0 aliphatic heterocycles. The van der Waals surface area contributed by atoms with E-state index < -0.39 is 11.6 Å². The Hall–Kier alpha value is -3.07. The fourth-order valence-electron chi connectivity index (χ4n) is 7.30. The van der Waals surface area contributed by atoms with Crippen molar-refractivity contribution in [3.8, 4) is 22.3 Å². The fraction of sp³-hybridized carbons (Fsp3) is 0.450. The average molecular weight is 585 g/mol. The highest BCUT2D eigenvalue weighted by atomic mass is 19.2. The fourth-order valence-corrected chi connectivity index (χ4v) is 7.30. The van der Waals surface area contributed by atoms with Gasteiger partial charge in [-0.1, -0.05) is 119 Å². The summed E-state index contributed by atoms with van der Waals surface area (Å²) in [7, 11) is 0. The number of hydrogen-bond acceptors (Lipinski definition) is 0. The molecule has 1 saturated carbocycles. The summed E-state index contributed by atoms with van der Waals surface area (Å²) in [5.74, 6) is 0.696. The van der Waals surface area contributed by atoms with Crippen molar-refractivity contribution in [1.82, 2.24) is 0 Å². The van der Waals surface area contributed by atoms with E-state index in [1.807, 2.05) is 43.3 Å². The summed E-state index contributed by atoms with van der Waals surface area (Å²) < 4.78 is 45.0. The van der Waals surface area contributed by atoms with E-state index in [2.05, 4.69) is 13.0 Å². The van der Waals surface area contributed by atoms with E-state index in [0.717, 1.165) is 60.1 Å². The summed E-state index contributed by atoms with van der Waals surface area (Å²) in [5, 5.41) is 0. The van der Waals surface area contributed by atoms with Crippen LogP contribution < -0.4 is 0 Å². The van der Waals surface area contributed by atoms with Gasteiger partial charge in [0.2, 0.25) is 0 Å². The molecule has 0 spiro atoms. The second-order valence-corrected chi connectivity index (χ2v) is 12.8. The summed E-state index contributed by atoms with van der Waals surface area (Å²) >= 11 is 0. The molecule has 0 saturated heterocycles. The molecule has 2 aliphatic carbocycles. The van der Waals surface area contributed by atoms with Crippen molar-refractivity contribution < 1.29 is 13.2 Å². The molecule has 1 atom stereocenters. The molecule has 3 aromatic rings. The third-order valence-corrected chi connectivity index (χ3v) is 9.97. The number of hydrogen-bond donors (Lipinski definition) is 0. The van der Waals surface area contributed by atoms with Gasteiger partial charge in [-0.3, -0.25) is 0 Å². The molecule has 3 aromatic carbocycles. The molecular weight excluding hydrogens is 537 g/mol. The van der Waals surface area contributed by atoms with Crippen LogP contribution in [0.25, 0.3) is 27.8 Å². The smallest absolute Gasteiger partial charge is 0.166 e. The molecule has 1 unspecified atom stereocenters. The zero-order chi connectivity index (χ0) is 30.2. The Morgan fingerprint density at radius 3 is 2.09 bits per heavy atom. The number of unbranched alkanes of at least 4 members (excludes halogenated alkanes) is 2. The number of rotatable bonds is 11. The Morgan fingerprint density at radius 1 is 0.698 bits per heavy atom. The van der Waals surface area contributed by atoms with Gasteiger partial charge < -0.3 is 0 Å². The predicted molar refractivity (Wildman–Crippen MR) is 175 cm³/mol. The van der Waals surface area contributed by atoms with Gasteiger partial charge in [-0.05, 0) is 96.6 Å². The summed E-state index contributed by atoms with van der Waals surface area (Å²) in [6.45, 7) is 4.29. The lowest BCUT2D eigenvalue weighted by Gasteiger charge is -2.35. The van der Waals surface area contributed by atoms with Gasteiger partial charge in [0, 0.05) is 11.1 Å². The molecule has 2 aliphatic rings. The molecule has 228 valence electrons. The van der Waals surface area contributed by atoms with Crippen molar-refractivity contribution in [2.75, 3.05) is 0 Å². The minimum Gasteiger partial charge on any atom is -0.206 e. The van der Waals surface area contributed by atoms with Crippen LogP contribution in [-0.2, 0) is 6.42 Å². The van der Waals surface area contributed by atoms with Gasteiger partial charge in [-0.15, -0.1) is 0 Å². The van der Waals surface area contributed by atoms with Crippen LogP contribution in [0.1, 0.15) is 102 Å². The molecule has 1 fully saturated rings. The Morgan fingerprint density at radius 2 is 1.42 bits per heavy atom. The number of allylic oxidation sites excluding steroid dienone is 4. The van der Waals surface area contributed by atoms with E-state index in [9.17, 15) is 8.78 Å². The van der Waals surface area contributed by atoms with Gasteiger partial charge in [0.05, 0.1) is 0 Å². The lowest BCUT2D eigenvalue weighted by molar-refractivity contribution is 0.187. The van der Waals surface area contributed by atoms with E-state index in [0.29, 0.717) is 23.1 Å². The normalized spacial score (nSPS) is 20.9. The van der Waals surface area contributed by atoms with Crippen molar-refractivity contribution in [1.29, 1.82) is 0 Å². The van der Waals surface area contributed by atoms with Crippen LogP contribution in [0.2, 0.25) is 0 Å². The van der Waals surface area contributed by atoms with Crippen LogP contribution in [0.3, 0.4) is 0 Å². The standard InChI is InChI=1S/C40H47F3/c1-3-5-7-9-28-11-13-29(14-12-28)30-15-19-32(20-16-30)36-25-24-35(27-38(36)41)31-17-21-33(22-18-31)37-26-23-34(10-8-6-4-2)39(42)40(37)43/h6,8,17-19,21-30H,3-5,7,9-16,20H2,1-2H3. The molecule has 0 heterocycles. The van der Waals surface area contributed by atoms with E-state index in [1.165, 1.54) is 51.4 Å². The first-order valence-corrected chi connectivity index (χ1v) is 16.7. The molecule has 0 aromatic heterocycles. The first-order chi connectivity index (χ1) is 21.0. The van der Waals surface area contributed by atoms with Gasteiger partial charge >= 0.3 is 0 Å². The van der Waals surface area contributed by atoms with Crippen molar-refractivity contribution in [2.45, 2.75) is 97.3 Å². The van der Waals surface area contributed by atoms with Crippen LogP contribution in [0.4, 0.5) is 13.2 Å². The minimum atomic E-state index is -0.830. The number of benzene rings is 3. The molecule has 3 heteroatoms. The van der Waals surface area contributed by atoms with Crippen LogP contribution in [0, 0.1) is 35.2 Å². The summed E-state index contributed by atoms with van der Waals surface area (Å²) in [4.78, 5) is 0. The van der Waals surface area contributed by atoms with Gasteiger partial charge in [0.25, 0.3) is 0 Å². The van der Waals surface area contributed by atoms with Gasteiger partial charge in [-0.2, -0.15) is 0 Å². The molecule has 0 N–H and O–H groups in total. The SMILES string of the molecule is CCC=CCc1ccc(-c2ccc(-c3ccc(C4=CCC(C5CCC(CCCCC)CC5)CC4)c(F)c3)cc2)c(F)c1F. The largest absolute Gasteiger partial charge is 0.206 e. The van der Waals surface area contributed by atoms with Crippen molar-refractivity contribution in [3.05, 3.63) is 101 Å². The Bertz CT molecular complexity index is 1410. The molecule has 0 amide bonds. The maximum atomic E-state index is 15.4. The second-order valence-electron chi connectivity index (χ2n) is 12.8. The Labute approximate surface area is 257 Å². The average Bonchev–Trinajstić information content (AvgIpc) is 3.04. The highest BCUT2D eigenvalue weighted by molar-refractivity contribution is 5.74. The monoisotopic (exact) mass is 584 g/mol. The first-order valence-electron chi connectivity index (χ1n) is 16.7.